The molecule has 0 saturated carbocycles. The number of anilines is 1. The predicted molar refractivity (Wildman–Crippen MR) is 80.6 cm³/mol. The first kappa shape index (κ1) is 13.7. The van der Waals surface area contributed by atoms with E-state index < -0.39 is 0 Å². The van der Waals surface area contributed by atoms with E-state index in [1.807, 2.05) is 31.2 Å². The minimum atomic E-state index is 0.146. The Labute approximate surface area is 123 Å². The molecule has 1 aromatic heterocycles. The first-order valence-electron chi connectivity index (χ1n) is 6.96. The summed E-state index contributed by atoms with van der Waals surface area (Å²) in [6, 6.07) is 9.83. The van der Waals surface area contributed by atoms with Crippen molar-refractivity contribution in [3.05, 3.63) is 29.8 Å². The number of pyridine rings is 1. The summed E-state index contributed by atoms with van der Waals surface area (Å²) in [5.41, 5.74) is 1.43. The summed E-state index contributed by atoms with van der Waals surface area (Å²) in [5, 5.41) is 10.3. The fourth-order valence-electron chi connectivity index (χ4n) is 2.60. The highest BCUT2D eigenvalue weighted by Gasteiger charge is 2.21. The molecule has 1 aliphatic heterocycles. The Kier molecular flexibility index (Phi) is 3.63. The summed E-state index contributed by atoms with van der Waals surface area (Å²) >= 11 is 0. The average molecular weight is 283 g/mol. The summed E-state index contributed by atoms with van der Waals surface area (Å²) in [6.07, 6.45) is 0.146. The molecule has 2 heterocycles. The van der Waals surface area contributed by atoms with E-state index in [0.29, 0.717) is 12.2 Å². The van der Waals surface area contributed by atoms with Gasteiger partial charge in [0.25, 0.3) is 0 Å². The molecule has 5 heteroatoms. The van der Waals surface area contributed by atoms with Gasteiger partial charge < -0.3 is 14.4 Å². The van der Waals surface area contributed by atoms with E-state index in [1.165, 1.54) is 0 Å². The molecule has 0 spiro atoms. The number of rotatable bonds is 2. The first-order chi connectivity index (χ1) is 10.2. The Balaban J connectivity index is 2.09. The third-order valence-electron chi connectivity index (χ3n) is 3.67. The monoisotopic (exact) mass is 283 g/mol. The maximum absolute atomic E-state index is 9.40. The molecule has 1 aliphatic rings. The molecule has 21 heavy (non-hydrogen) atoms. The lowest BCUT2D eigenvalue weighted by molar-refractivity contribution is 0.0529. The predicted octanol–water partition coefficient (Wildman–Crippen LogP) is 2.34. The molecule has 5 nitrogen and oxygen atoms in total. The highest BCUT2D eigenvalue weighted by Crippen LogP contribution is 2.27. The van der Waals surface area contributed by atoms with Crippen LogP contribution in [-0.2, 0) is 4.74 Å². The van der Waals surface area contributed by atoms with Crippen molar-refractivity contribution < 1.29 is 9.47 Å². The number of benzene rings is 1. The third-order valence-corrected chi connectivity index (χ3v) is 3.67. The molecule has 0 amide bonds. The minimum absolute atomic E-state index is 0.146. The fourth-order valence-corrected chi connectivity index (χ4v) is 2.60. The smallest absolute Gasteiger partial charge is 0.147 e. The van der Waals surface area contributed by atoms with E-state index in [2.05, 4.69) is 16.0 Å². The summed E-state index contributed by atoms with van der Waals surface area (Å²) in [5.74, 6) is 1.49. The molecule has 1 aromatic carbocycles. The van der Waals surface area contributed by atoms with Gasteiger partial charge in [0.15, 0.2) is 0 Å². The number of hydrogen-bond acceptors (Lipinski definition) is 5. The van der Waals surface area contributed by atoms with Crippen molar-refractivity contribution in [2.75, 3.05) is 31.7 Å². The van der Waals surface area contributed by atoms with Gasteiger partial charge >= 0.3 is 0 Å². The lowest BCUT2D eigenvalue weighted by Gasteiger charge is -2.32. The summed E-state index contributed by atoms with van der Waals surface area (Å²) in [7, 11) is 1.63. The molecule has 0 radical (unpaired) electrons. The van der Waals surface area contributed by atoms with E-state index in [1.54, 1.807) is 7.11 Å². The molecule has 1 saturated heterocycles. The zero-order valence-electron chi connectivity index (χ0n) is 12.2. The molecule has 0 bridgehead atoms. The van der Waals surface area contributed by atoms with Crippen LogP contribution in [0.5, 0.6) is 5.75 Å². The molecule has 0 aliphatic carbocycles. The molecular weight excluding hydrogens is 266 g/mol. The number of aromatic nitrogens is 1. The number of fused-ring (bicyclic) bond motifs is 1. The quantitative estimate of drug-likeness (QED) is 0.846. The van der Waals surface area contributed by atoms with Crippen LogP contribution in [0.25, 0.3) is 10.9 Å². The zero-order chi connectivity index (χ0) is 14.8. The molecule has 3 rings (SSSR count). The van der Waals surface area contributed by atoms with Crippen molar-refractivity contribution >= 4 is 16.7 Å². The second kappa shape index (κ2) is 5.58. The number of nitrogens with zero attached hydrogens (tertiary/aromatic N) is 3. The van der Waals surface area contributed by atoms with Gasteiger partial charge in [-0.3, -0.25) is 0 Å². The number of morpholine rings is 1. The fraction of sp³-hybridized carbons (Fsp3) is 0.375. The largest absolute Gasteiger partial charge is 0.497 e. The van der Waals surface area contributed by atoms with Crippen LogP contribution in [0.1, 0.15) is 12.5 Å². The van der Waals surface area contributed by atoms with Crippen LogP contribution in [0, 0.1) is 11.3 Å². The van der Waals surface area contributed by atoms with Gasteiger partial charge in [-0.25, -0.2) is 4.98 Å². The van der Waals surface area contributed by atoms with Gasteiger partial charge in [-0.2, -0.15) is 5.26 Å². The second-order valence-electron chi connectivity index (χ2n) is 5.16. The van der Waals surface area contributed by atoms with Crippen LogP contribution in [0.15, 0.2) is 24.3 Å². The normalized spacial score (nSPS) is 18.5. The van der Waals surface area contributed by atoms with Crippen LogP contribution in [0.3, 0.4) is 0 Å². The van der Waals surface area contributed by atoms with Gasteiger partial charge in [-0.05, 0) is 25.1 Å². The van der Waals surface area contributed by atoms with Crippen molar-refractivity contribution in [1.29, 1.82) is 5.26 Å². The van der Waals surface area contributed by atoms with Crippen LogP contribution < -0.4 is 9.64 Å². The summed E-state index contributed by atoms with van der Waals surface area (Å²) in [4.78, 5) is 6.80. The van der Waals surface area contributed by atoms with E-state index in [-0.39, 0.29) is 6.10 Å². The van der Waals surface area contributed by atoms with Gasteiger partial charge in [-0.1, -0.05) is 0 Å². The Bertz CT molecular complexity index is 708. The second-order valence-corrected chi connectivity index (χ2v) is 5.16. The molecule has 2 aromatic rings. The first-order valence-corrected chi connectivity index (χ1v) is 6.96. The van der Waals surface area contributed by atoms with Crippen molar-refractivity contribution in [2.45, 2.75) is 13.0 Å². The van der Waals surface area contributed by atoms with Gasteiger partial charge in [0.1, 0.15) is 17.6 Å². The Morgan fingerprint density at radius 2 is 2.29 bits per heavy atom. The van der Waals surface area contributed by atoms with Crippen LogP contribution in [0.2, 0.25) is 0 Å². The Morgan fingerprint density at radius 3 is 3.00 bits per heavy atom. The highest BCUT2D eigenvalue weighted by atomic mass is 16.5. The number of ether oxygens (including phenoxy) is 2. The Morgan fingerprint density at radius 1 is 1.43 bits per heavy atom. The van der Waals surface area contributed by atoms with Crippen molar-refractivity contribution in [2.24, 2.45) is 0 Å². The maximum atomic E-state index is 9.40. The van der Waals surface area contributed by atoms with Crippen molar-refractivity contribution in [1.82, 2.24) is 4.98 Å². The lowest BCUT2D eigenvalue weighted by atomic mass is 10.1. The van der Waals surface area contributed by atoms with Gasteiger partial charge in [0.05, 0.1) is 30.9 Å². The molecule has 1 atom stereocenters. The van der Waals surface area contributed by atoms with Crippen molar-refractivity contribution in [3.63, 3.8) is 0 Å². The maximum Gasteiger partial charge on any atom is 0.147 e. The summed E-state index contributed by atoms with van der Waals surface area (Å²) in [6.45, 7) is 4.19. The van der Waals surface area contributed by atoms with E-state index in [4.69, 9.17) is 9.47 Å². The van der Waals surface area contributed by atoms with Crippen LogP contribution >= 0.6 is 0 Å². The lowest BCUT2D eigenvalue weighted by Crippen LogP contribution is -2.41. The highest BCUT2D eigenvalue weighted by molar-refractivity contribution is 5.84. The standard InChI is InChI=1S/C16H17N3O2/c1-11-10-19(5-6-21-11)16-13(9-17)7-12-3-4-14(20-2)8-15(12)18-16/h3-4,7-8,11H,5-6,10H2,1-2H3. The molecule has 1 unspecified atom stereocenters. The molecule has 108 valence electrons. The SMILES string of the molecule is COc1ccc2cc(C#N)c(N3CCOC(C)C3)nc2c1. The van der Waals surface area contributed by atoms with Crippen LogP contribution in [0.4, 0.5) is 5.82 Å². The minimum Gasteiger partial charge on any atom is -0.497 e. The number of methoxy groups -OCH3 is 1. The number of hydrogen-bond donors (Lipinski definition) is 0. The summed E-state index contributed by atoms with van der Waals surface area (Å²) < 4.78 is 10.8. The van der Waals surface area contributed by atoms with Gasteiger partial charge in [0.2, 0.25) is 0 Å². The van der Waals surface area contributed by atoms with Crippen LogP contribution in [-0.4, -0.2) is 37.9 Å². The van der Waals surface area contributed by atoms with Crippen molar-refractivity contribution in [3.8, 4) is 11.8 Å². The zero-order valence-corrected chi connectivity index (χ0v) is 12.2. The molecular formula is C16H17N3O2. The molecule has 1 fully saturated rings. The molecule has 0 N–H and O–H groups in total. The number of nitriles is 1. The van der Waals surface area contributed by atoms with Gasteiger partial charge in [0, 0.05) is 24.5 Å². The van der Waals surface area contributed by atoms with Gasteiger partial charge in [-0.15, -0.1) is 0 Å². The van der Waals surface area contributed by atoms with E-state index >= 15 is 0 Å². The van der Waals surface area contributed by atoms with E-state index in [9.17, 15) is 5.26 Å². The third kappa shape index (κ3) is 2.63. The van der Waals surface area contributed by atoms with E-state index in [0.717, 1.165) is 35.6 Å². The Hall–Kier alpha value is -2.32. The average Bonchev–Trinajstić information content (AvgIpc) is 2.53. The topological polar surface area (TPSA) is 58.4 Å².